The number of carbonyl (C=O) groups excluding carboxylic acids is 3. The average molecular weight is 354 g/mol. The topological polar surface area (TPSA) is 95.6 Å². The van der Waals surface area contributed by atoms with Crippen LogP contribution >= 0.6 is 0 Å². The summed E-state index contributed by atoms with van der Waals surface area (Å²) in [6, 6.07) is 6.29. The van der Waals surface area contributed by atoms with Crippen LogP contribution in [0.1, 0.15) is 12.8 Å². The van der Waals surface area contributed by atoms with E-state index in [-0.39, 0.29) is 30.4 Å². The van der Waals surface area contributed by atoms with Crippen molar-refractivity contribution in [1.82, 2.24) is 15.1 Å². The largest absolute Gasteiger partial charge is 0.469 e. The second-order valence-corrected chi connectivity index (χ2v) is 6.46. The number of amides is 3. The van der Waals surface area contributed by atoms with Gasteiger partial charge in [-0.3, -0.25) is 14.7 Å². The zero-order valence-corrected chi connectivity index (χ0v) is 14.2. The van der Waals surface area contributed by atoms with Crippen LogP contribution < -0.4 is 4.90 Å². The molecule has 8 nitrogen and oxygen atoms in total. The zero-order chi connectivity index (χ0) is 18.3. The van der Waals surface area contributed by atoms with Crippen molar-refractivity contribution in [2.45, 2.75) is 18.9 Å². The molecule has 4 rings (SSSR count). The highest BCUT2D eigenvalue weighted by Crippen LogP contribution is 2.33. The van der Waals surface area contributed by atoms with Crippen molar-refractivity contribution >= 4 is 23.6 Å². The second-order valence-electron chi connectivity index (χ2n) is 6.46. The normalized spacial score (nSPS) is 22.5. The SMILES string of the molecule is COC(=O)C1CCC2C(=O)N(c3ccc(-c4cn[nH]c4)cc3)C(=O)N2C1. The summed E-state index contributed by atoms with van der Waals surface area (Å²) in [6.07, 6.45) is 4.48. The van der Waals surface area contributed by atoms with E-state index in [1.807, 2.05) is 12.1 Å². The quantitative estimate of drug-likeness (QED) is 0.670. The number of hydrogen-bond acceptors (Lipinski definition) is 5. The monoisotopic (exact) mass is 354 g/mol. The molecule has 2 saturated heterocycles. The summed E-state index contributed by atoms with van der Waals surface area (Å²) < 4.78 is 4.78. The van der Waals surface area contributed by atoms with Crippen LogP contribution in [0.2, 0.25) is 0 Å². The minimum atomic E-state index is -0.503. The Morgan fingerprint density at radius 2 is 1.96 bits per heavy atom. The molecule has 1 N–H and O–H groups in total. The van der Waals surface area contributed by atoms with E-state index in [0.29, 0.717) is 18.5 Å². The van der Waals surface area contributed by atoms with Gasteiger partial charge in [0, 0.05) is 18.3 Å². The Labute approximate surface area is 149 Å². The van der Waals surface area contributed by atoms with E-state index >= 15 is 0 Å². The number of carbonyl (C=O) groups is 3. The van der Waals surface area contributed by atoms with Crippen molar-refractivity contribution in [1.29, 1.82) is 0 Å². The first-order valence-electron chi connectivity index (χ1n) is 8.41. The van der Waals surface area contributed by atoms with Crippen LogP contribution in [-0.4, -0.2) is 52.7 Å². The van der Waals surface area contributed by atoms with Crippen molar-refractivity contribution in [2.75, 3.05) is 18.6 Å². The maximum absolute atomic E-state index is 12.8. The number of imide groups is 1. The number of fused-ring (bicyclic) bond motifs is 1. The highest BCUT2D eigenvalue weighted by atomic mass is 16.5. The van der Waals surface area contributed by atoms with Crippen LogP contribution in [0.25, 0.3) is 11.1 Å². The summed E-state index contributed by atoms with van der Waals surface area (Å²) in [5.74, 6) is -0.961. The van der Waals surface area contributed by atoms with E-state index in [2.05, 4.69) is 10.2 Å². The number of aromatic amines is 1. The zero-order valence-electron chi connectivity index (χ0n) is 14.2. The first-order chi connectivity index (χ1) is 12.6. The number of benzene rings is 1. The molecule has 1 aromatic heterocycles. The van der Waals surface area contributed by atoms with E-state index < -0.39 is 6.04 Å². The predicted molar refractivity (Wildman–Crippen MR) is 92.1 cm³/mol. The Morgan fingerprint density at radius 3 is 2.62 bits per heavy atom. The number of H-pyrrole nitrogens is 1. The van der Waals surface area contributed by atoms with Gasteiger partial charge in [-0.2, -0.15) is 5.10 Å². The van der Waals surface area contributed by atoms with E-state index in [4.69, 9.17) is 4.74 Å². The Morgan fingerprint density at radius 1 is 1.19 bits per heavy atom. The van der Waals surface area contributed by atoms with Crippen LogP contribution in [-0.2, 0) is 14.3 Å². The first kappa shape index (κ1) is 16.3. The summed E-state index contributed by atoms with van der Waals surface area (Å²) >= 11 is 0. The molecule has 0 spiro atoms. The molecule has 1 aromatic carbocycles. The molecule has 0 radical (unpaired) electrons. The van der Waals surface area contributed by atoms with Crippen molar-refractivity contribution in [3.05, 3.63) is 36.7 Å². The minimum Gasteiger partial charge on any atom is -0.469 e. The maximum Gasteiger partial charge on any atom is 0.332 e. The van der Waals surface area contributed by atoms with Gasteiger partial charge in [0.05, 0.1) is 24.9 Å². The first-order valence-corrected chi connectivity index (χ1v) is 8.41. The second kappa shape index (κ2) is 6.29. The average Bonchev–Trinajstić information content (AvgIpc) is 3.29. The molecule has 0 aliphatic carbocycles. The van der Waals surface area contributed by atoms with Gasteiger partial charge in [-0.15, -0.1) is 0 Å². The summed E-state index contributed by atoms with van der Waals surface area (Å²) in [7, 11) is 1.33. The summed E-state index contributed by atoms with van der Waals surface area (Å²) in [5.41, 5.74) is 2.38. The minimum absolute atomic E-state index is 0.214. The fourth-order valence-electron chi connectivity index (χ4n) is 3.62. The van der Waals surface area contributed by atoms with E-state index in [1.165, 1.54) is 16.9 Å². The van der Waals surface area contributed by atoms with Crippen LogP contribution in [0.5, 0.6) is 0 Å². The molecule has 134 valence electrons. The van der Waals surface area contributed by atoms with E-state index in [1.54, 1.807) is 24.5 Å². The molecular weight excluding hydrogens is 336 g/mol. The van der Waals surface area contributed by atoms with Gasteiger partial charge in [-0.1, -0.05) is 12.1 Å². The lowest BCUT2D eigenvalue weighted by Crippen LogP contribution is -2.45. The highest BCUT2D eigenvalue weighted by Gasteiger charge is 2.49. The standard InChI is InChI=1S/C18H18N4O4/c1-26-17(24)12-4-7-15-16(23)22(18(25)21(15)10-12)14-5-2-11(3-6-14)13-8-19-20-9-13/h2-3,5-6,8-9,12,15H,4,7,10H2,1H3,(H,19,20). The number of esters is 1. The molecule has 2 unspecified atom stereocenters. The van der Waals surface area contributed by atoms with Gasteiger partial charge in [0.15, 0.2) is 0 Å². The third-order valence-electron chi connectivity index (χ3n) is 5.02. The molecule has 2 fully saturated rings. The third kappa shape index (κ3) is 2.54. The number of aromatic nitrogens is 2. The van der Waals surface area contributed by atoms with Gasteiger partial charge in [-0.25, -0.2) is 9.69 Å². The van der Waals surface area contributed by atoms with Crippen LogP contribution in [0.15, 0.2) is 36.7 Å². The molecule has 3 heterocycles. The lowest BCUT2D eigenvalue weighted by molar-refractivity contribution is -0.147. The Balaban J connectivity index is 1.57. The van der Waals surface area contributed by atoms with Gasteiger partial charge in [0.2, 0.25) is 0 Å². The van der Waals surface area contributed by atoms with Crippen molar-refractivity contribution in [2.24, 2.45) is 5.92 Å². The van der Waals surface area contributed by atoms with Gasteiger partial charge in [0.1, 0.15) is 6.04 Å². The van der Waals surface area contributed by atoms with Gasteiger partial charge in [-0.05, 0) is 30.5 Å². The molecule has 0 saturated carbocycles. The highest BCUT2D eigenvalue weighted by molar-refractivity contribution is 6.21. The van der Waals surface area contributed by atoms with Gasteiger partial charge in [0.25, 0.3) is 5.91 Å². The number of piperidine rings is 1. The lowest BCUT2D eigenvalue weighted by atomic mass is 9.93. The smallest absolute Gasteiger partial charge is 0.332 e. The number of nitrogens with zero attached hydrogens (tertiary/aromatic N) is 3. The number of nitrogens with one attached hydrogen (secondary N) is 1. The molecule has 2 aliphatic rings. The van der Waals surface area contributed by atoms with Crippen LogP contribution in [0, 0.1) is 5.92 Å². The predicted octanol–water partition coefficient (Wildman–Crippen LogP) is 1.80. The molecule has 2 aliphatic heterocycles. The van der Waals surface area contributed by atoms with Crippen LogP contribution in [0.3, 0.4) is 0 Å². The Kier molecular flexibility index (Phi) is 3.95. The number of ether oxygens (including phenoxy) is 1. The number of hydrogen-bond donors (Lipinski definition) is 1. The molecule has 26 heavy (non-hydrogen) atoms. The number of methoxy groups -OCH3 is 1. The van der Waals surface area contributed by atoms with Crippen LogP contribution in [0.4, 0.5) is 10.5 Å². The Bertz CT molecular complexity index is 847. The summed E-state index contributed by atoms with van der Waals surface area (Å²) in [5, 5.41) is 6.66. The van der Waals surface area contributed by atoms with E-state index in [0.717, 1.165) is 11.1 Å². The molecular formula is C18H18N4O4. The lowest BCUT2D eigenvalue weighted by Gasteiger charge is -2.31. The molecule has 3 amide bonds. The van der Waals surface area contributed by atoms with Gasteiger partial charge >= 0.3 is 12.0 Å². The number of urea groups is 1. The van der Waals surface area contributed by atoms with Crippen molar-refractivity contribution < 1.29 is 19.1 Å². The number of anilines is 1. The summed E-state index contributed by atoms with van der Waals surface area (Å²) in [6.45, 7) is 0.214. The fourth-order valence-corrected chi connectivity index (χ4v) is 3.62. The Hall–Kier alpha value is -3.16. The fraction of sp³-hybridized carbons (Fsp3) is 0.333. The van der Waals surface area contributed by atoms with Gasteiger partial charge < -0.3 is 9.64 Å². The molecule has 2 atom stereocenters. The maximum atomic E-state index is 12.8. The molecule has 8 heteroatoms. The molecule has 2 aromatic rings. The molecule has 0 bridgehead atoms. The van der Waals surface area contributed by atoms with Crippen molar-refractivity contribution in [3.8, 4) is 11.1 Å². The number of rotatable bonds is 3. The van der Waals surface area contributed by atoms with E-state index in [9.17, 15) is 14.4 Å². The third-order valence-corrected chi connectivity index (χ3v) is 5.02. The van der Waals surface area contributed by atoms with Crippen molar-refractivity contribution in [3.63, 3.8) is 0 Å². The summed E-state index contributed by atoms with van der Waals surface area (Å²) in [4.78, 5) is 40.0.